The standard InChI is InChI=1S/C22H25N3O2.C12H16N2.C10H9NO2.CH4/c1-22(2,11-17-13-24-20-9-5-4-8-19(17)20)25-14-18(26)15-27-21-10-6-3-7-16(21)12-23;1-12(2,13)7-9-8-14-11-6-4-3-5-10(9)11;11-5-8-3-1-2-4-10(8)13-7-9-6-12-9;/h3-10,13,18,24-26H,11,14-15H2,1-2H3;3-6,8,14H,7,13H2,1-2H3;1-4,9H,6-7H2;1H4/t18-;;9-;/m1.1./s1. The van der Waals surface area contributed by atoms with Crippen LogP contribution in [0.3, 0.4) is 0 Å². The van der Waals surface area contributed by atoms with Gasteiger partial charge in [-0.3, -0.25) is 0 Å². The minimum Gasteiger partial charge on any atom is -0.489 e. The molecule has 55 heavy (non-hydrogen) atoms. The molecule has 2 aromatic heterocycles. The van der Waals surface area contributed by atoms with Crippen molar-refractivity contribution in [2.45, 2.75) is 71.2 Å². The van der Waals surface area contributed by atoms with Crippen LogP contribution in [0, 0.1) is 22.7 Å². The Morgan fingerprint density at radius 2 is 1.25 bits per heavy atom. The van der Waals surface area contributed by atoms with E-state index in [-0.39, 0.29) is 31.2 Å². The summed E-state index contributed by atoms with van der Waals surface area (Å²) in [5, 5.41) is 34.0. The molecule has 0 amide bonds. The second-order valence-corrected chi connectivity index (χ2v) is 14.8. The lowest BCUT2D eigenvalue weighted by Crippen LogP contribution is -2.46. The van der Waals surface area contributed by atoms with E-state index in [4.69, 9.17) is 30.5 Å². The highest BCUT2D eigenvalue weighted by atomic mass is 16.6. The van der Waals surface area contributed by atoms with Crippen LogP contribution in [-0.2, 0) is 17.6 Å². The molecule has 1 aliphatic rings. The highest BCUT2D eigenvalue weighted by molar-refractivity contribution is 5.83. The van der Waals surface area contributed by atoms with Crippen LogP contribution in [0.5, 0.6) is 11.5 Å². The third-order valence-corrected chi connectivity index (χ3v) is 8.72. The Balaban J connectivity index is 0.000000201. The van der Waals surface area contributed by atoms with Gasteiger partial charge in [-0.15, -0.1) is 0 Å². The first kappa shape index (κ1) is 42.1. The van der Waals surface area contributed by atoms with Gasteiger partial charge >= 0.3 is 0 Å². The van der Waals surface area contributed by atoms with E-state index in [9.17, 15) is 5.11 Å². The number of nitrogens with zero attached hydrogens (tertiary/aromatic N) is 2. The van der Waals surface area contributed by atoms with Gasteiger partial charge in [0.2, 0.25) is 0 Å². The summed E-state index contributed by atoms with van der Waals surface area (Å²) in [5.74, 6) is 1.14. The number of aliphatic hydroxyl groups excluding tert-OH is 1. The highest BCUT2D eigenvalue weighted by Crippen LogP contribution is 2.24. The Kier molecular flexibility index (Phi) is 15.0. The third kappa shape index (κ3) is 13.0. The first-order valence-electron chi connectivity index (χ1n) is 18.1. The van der Waals surface area contributed by atoms with Gasteiger partial charge in [0.05, 0.1) is 17.7 Å². The van der Waals surface area contributed by atoms with Crippen molar-refractivity contribution in [1.82, 2.24) is 15.3 Å². The zero-order chi connectivity index (χ0) is 38.6. The number of nitrogens with one attached hydrogen (secondary N) is 3. The largest absolute Gasteiger partial charge is 0.489 e. The Labute approximate surface area is 324 Å². The van der Waals surface area contributed by atoms with Gasteiger partial charge in [0.15, 0.2) is 0 Å². The van der Waals surface area contributed by atoms with Crippen LogP contribution in [0.4, 0.5) is 0 Å². The van der Waals surface area contributed by atoms with Crippen molar-refractivity contribution in [3.05, 3.63) is 132 Å². The predicted molar refractivity (Wildman–Crippen MR) is 220 cm³/mol. The number of epoxide rings is 1. The molecule has 0 saturated carbocycles. The summed E-state index contributed by atoms with van der Waals surface area (Å²) in [7, 11) is 0. The van der Waals surface area contributed by atoms with Crippen LogP contribution in [0.25, 0.3) is 21.8 Å². The van der Waals surface area contributed by atoms with Crippen molar-refractivity contribution in [2.75, 3.05) is 26.4 Å². The van der Waals surface area contributed by atoms with Crippen LogP contribution in [0.1, 0.15) is 57.4 Å². The molecule has 7 rings (SSSR count). The van der Waals surface area contributed by atoms with Gasteiger partial charge in [-0.25, -0.2) is 0 Å². The minimum atomic E-state index is -0.668. The maximum Gasteiger partial charge on any atom is 0.137 e. The lowest BCUT2D eigenvalue weighted by molar-refractivity contribution is 0.0987. The molecule has 288 valence electrons. The summed E-state index contributed by atoms with van der Waals surface area (Å²) >= 11 is 0. The van der Waals surface area contributed by atoms with Crippen LogP contribution < -0.4 is 20.5 Å². The lowest BCUT2D eigenvalue weighted by Gasteiger charge is -2.28. The number of H-pyrrole nitrogens is 2. The normalized spacial score (nSPS) is 13.9. The topological polar surface area (TPSA) is 168 Å². The van der Waals surface area contributed by atoms with E-state index in [0.717, 1.165) is 25.0 Å². The summed E-state index contributed by atoms with van der Waals surface area (Å²) in [6, 6.07) is 35.0. The Morgan fingerprint density at radius 1 is 0.782 bits per heavy atom. The van der Waals surface area contributed by atoms with E-state index in [0.29, 0.717) is 35.8 Å². The van der Waals surface area contributed by atoms with Crippen LogP contribution in [-0.4, -0.2) is 64.7 Å². The number of fused-ring (bicyclic) bond motifs is 2. The molecule has 1 saturated heterocycles. The smallest absolute Gasteiger partial charge is 0.137 e. The van der Waals surface area contributed by atoms with Gasteiger partial charge in [0.1, 0.15) is 49.1 Å². The second kappa shape index (κ2) is 19.6. The molecule has 1 fully saturated rings. The molecular weight excluding hydrogens is 689 g/mol. The predicted octanol–water partition coefficient (Wildman–Crippen LogP) is 7.81. The molecule has 10 heteroatoms. The second-order valence-electron chi connectivity index (χ2n) is 14.8. The van der Waals surface area contributed by atoms with Crippen LogP contribution in [0.2, 0.25) is 0 Å². The van der Waals surface area contributed by atoms with Gasteiger partial charge in [0.25, 0.3) is 0 Å². The van der Waals surface area contributed by atoms with Crippen LogP contribution in [0.15, 0.2) is 109 Å². The monoisotopic (exact) mass is 742 g/mol. The van der Waals surface area contributed by atoms with Gasteiger partial charge in [-0.05, 0) is 88.1 Å². The van der Waals surface area contributed by atoms with E-state index in [1.54, 1.807) is 30.3 Å². The zero-order valence-corrected chi connectivity index (χ0v) is 31.4. The average Bonchev–Trinajstić information content (AvgIpc) is 3.80. The number of nitriles is 2. The van der Waals surface area contributed by atoms with Crippen molar-refractivity contribution >= 4 is 21.8 Å². The van der Waals surface area contributed by atoms with Gasteiger partial charge in [-0.2, -0.15) is 10.5 Å². The summed E-state index contributed by atoms with van der Waals surface area (Å²) in [6.45, 7) is 10.2. The molecule has 10 nitrogen and oxygen atoms in total. The van der Waals surface area contributed by atoms with Crippen molar-refractivity contribution in [3.63, 3.8) is 0 Å². The van der Waals surface area contributed by atoms with E-state index in [2.05, 4.69) is 91.6 Å². The van der Waals surface area contributed by atoms with Crippen molar-refractivity contribution < 1.29 is 19.3 Å². The Morgan fingerprint density at radius 3 is 1.76 bits per heavy atom. The Bertz CT molecular complexity index is 2180. The summed E-state index contributed by atoms with van der Waals surface area (Å²) in [4.78, 5) is 6.56. The number of β-amino-alcohol motifs (C(OH)–C–C–N with tert-alkyl or cyclic N) is 1. The van der Waals surface area contributed by atoms with E-state index < -0.39 is 6.10 Å². The molecule has 0 bridgehead atoms. The molecule has 0 aliphatic carbocycles. The fourth-order valence-corrected chi connectivity index (χ4v) is 5.94. The van der Waals surface area contributed by atoms with Crippen molar-refractivity contribution in [3.8, 4) is 23.6 Å². The first-order chi connectivity index (χ1) is 25.9. The number of hydrogen-bond donors (Lipinski definition) is 5. The number of aromatic nitrogens is 2. The van der Waals surface area contributed by atoms with Crippen molar-refractivity contribution in [1.29, 1.82) is 10.5 Å². The fraction of sp³-hybridized carbons (Fsp3) is 0.333. The average molecular weight is 743 g/mol. The number of benzene rings is 4. The van der Waals surface area contributed by atoms with E-state index in [1.165, 1.54) is 27.4 Å². The first-order valence-corrected chi connectivity index (χ1v) is 18.1. The SMILES string of the molecule is C.CC(C)(Cc1c[nH]c2ccccc12)NC[C@@H](O)COc1ccccc1C#N.CC(C)(N)Cc1c[nH]c2ccccc12.N#Cc1ccccc1OC[C@H]1CO1. The fourth-order valence-electron chi connectivity index (χ4n) is 5.94. The molecule has 3 heterocycles. The third-order valence-electron chi connectivity index (χ3n) is 8.72. The van der Waals surface area contributed by atoms with E-state index in [1.807, 2.05) is 42.6 Å². The number of para-hydroxylation sites is 4. The molecule has 0 radical (unpaired) electrons. The molecule has 6 aromatic rings. The van der Waals surface area contributed by atoms with E-state index >= 15 is 0 Å². The number of aromatic amines is 2. The minimum absolute atomic E-state index is 0. The molecule has 4 aromatic carbocycles. The zero-order valence-electron chi connectivity index (χ0n) is 31.4. The van der Waals surface area contributed by atoms with Gasteiger partial charge < -0.3 is 40.3 Å². The molecule has 1 aliphatic heterocycles. The number of hydrogen-bond acceptors (Lipinski definition) is 8. The molecule has 2 atom stereocenters. The number of nitrogens with two attached hydrogens (primary N) is 1. The van der Waals surface area contributed by atoms with Crippen LogP contribution >= 0.6 is 0 Å². The Hall–Kier alpha value is -5.62. The van der Waals surface area contributed by atoms with Gasteiger partial charge in [-0.1, -0.05) is 68.1 Å². The van der Waals surface area contributed by atoms with Crippen molar-refractivity contribution in [2.24, 2.45) is 5.73 Å². The number of ether oxygens (including phenoxy) is 3. The number of rotatable bonds is 13. The summed E-state index contributed by atoms with van der Waals surface area (Å²) in [5.41, 5.74) is 11.6. The molecule has 0 spiro atoms. The quantitative estimate of drug-likeness (QED) is 0.0747. The van der Waals surface area contributed by atoms with Gasteiger partial charge in [0, 0.05) is 51.8 Å². The summed E-state index contributed by atoms with van der Waals surface area (Å²) < 4.78 is 16.0. The molecule has 6 N–H and O–H groups in total. The summed E-state index contributed by atoms with van der Waals surface area (Å²) in [6.07, 6.45) is 5.40. The lowest BCUT2D eigenvalue weighted by atomic mass is 9.94. The maximum absolute atomic E-state index is 10.3. The number of aliphatic hydroxyl groups is 1. The highest BCUT2D eigenvalue weighted by Gasteiger charge is 2.24. The molecule has 0 unspecified atom stereocenters. The maximum atomic E-state index is 10.3. The molecular formula is C45H54N6O4.